The van der Waals surface area contributed by atoms with Crippen molar-refractivity contribution in [3.8, 4) is 0 Å². The first-order chi connectivity index (χ1) is 10.7. The molecule has 0 unspecified atom stereocenters. The molecule has 0 saturated carbocycles. The third-order valence-electron chi connectivity index (χ3n) is 4.41. The van der Waals surface area contributed by atoms with Gasteiger partial charge in [-0.3, -0.25) is 4.90 Å². The zero-order valence-corrected chi connectivity index (χ0v) is 14.7. The van der Waals surface area contributed by atoms with E-state index in [2.05, 4.69) is 67.3 Å². The Morgan fingerprint density at radius 2 is 1.36 bits per heavy atom. The number of benzene rings is 2. The Morgan fingerprint density at radius 1 is 0.864 bits per heavy atom. The summed E-state index contributed by atoms with van der Waals surface area (Å²) in [5, 5.41) is 0.937. The fourth-order valence-corrected chi connectivity index (χ4v) is 6.25. The minimum atomic E-state index is 0.469. The third kappa shape index (κ3) is 2.49. The lowest BCUT2D eigenvalue weighted by Gasteiger charge is -2.46. The Balaban J connectivity index is 1.77. The van der Waals surface area contributed by atoms with E-state index in [-0.39, 0.29) is 0 Å². The Labute approximate surface area is 141 Å². The van der Waals surface area contributed by atoms with Gasteiger partial charge in [0.2, 0.25) is 0 Å². The molecule has 2 atom stereocenters. The van der Waals surface area contributed by atoms with Crippen molar-refractivity contribution in [3.05, 3.63) is 59.7 Å². The standard InChI is InChI=1S/C19H21NS2/c1-13(2)11-12-20-18-14-7-3-5-9-16(14)21-19(20)15-8-4-6-10-17(15)22-18/h3-10,13,18-19H,11-12H2,1-2H3/t18-,19-/m1/s1. The number of fused-ring (bicyclic) bond motifs is 6. The zero-order valence-electron chi connectivity index (χ0n) is 13.0. The lowest BCUT2D eigenvalue weighted by Crippen LogP contribution is -2.37. The molecule has 0 aliphatic carbocycles. The van der Waals surface area contributed by atoms with Crippen molar-refractivity contribution < 1.29 is 0 Å². The highest BCUT2D eigenvalue weighted by Crippen LogP contribution is 2.59. The van der Waals surface area contributed by atoms with Crippen molar-refractivity contribution >= 4 is 23.5 Å². The van der Waals surface area contributed by atoms with E-state index in [4.69, 9.17) is 0 Å². The lowest BCUT2D eigenvalue weighted by molar-refractivity contribution is 0.214. The molecule has 2 aromatic carbocycles. The molecular formula is C19H21NS2. The number of hydrogen-bond acceptors (Lipinski definition) is 3. The molecule has 0 radical (unpaired) electrons. The van der Waals surface area contributed by atoms with Crippen LogP contribution in [0.3, 0.4) is 0 Å². The summed E-state index contributed by atoms with van der Waals surface area (Å²) in [6, 6.07) is 17.9. The average molecular weight is 328 g/mol. The maximum atomic E-state index is 2.71. The maximum absolute atomic E-state index is 2.71. The molecule has 2 bridgehead atoms. The minimum Gasteiger partial charge on any atom is -0.271 e. The van der Waals surface area contributed by atoms with Crippen LogP contribution in [0, 0.1) is 5.92 Å². The van der Waals surface area contributed by atoms with Crippen molar-refractivity contribution in [2.45, 2.75) is 40.8 Å². The van der Waals surface area contributed by atoms with Crippen LogP contribution in [0.5, 0.6) is 0 Å². The van der Waals surface area contributed by atoms with Crippen LogP contribution in [0.4, 0.5) is 0 Å². The molecule has 114 valence electrons. The largest absolute Gasteiger partial charge is 0.271 e. The highest BCUT2D eigenvalue weighted by atomic mass is 32.2. The van der Waals surface area contributed by atoms with Gasteiger partial charge < -0.3 is 0 Å². The summed E-state index contributed by atoms with van der Waals surface area (Å²) in [5.41, 5.74) is 2.99. The molecule has 0 amide bonds. The molecule has 2 heterocycles. The molecule has 0 fully saturated rings. The first-order valence-corrected chi connectivity index (χ1v) is 9.77. The SMILES string of the molecule is CC(C)CCN1[C@@H]2Sc3ccccc3[C@H]1Sc1ccccc12. The van der Waals surface area contributed by atoms with E-state index in [9.17, 15) is 0 Å². The van der Waals surface area contributed by atoms with E-state index in [1.807, 2.05) is 23.5 Å². The van der Waals surface area contributed by atoms with Crippen molar-refractivity contribution in [1.29, 1.82) is 0 Å². The summed E-state index contributed by atoms with van der Waals surface area (Å²) >= 11 is 4.05. The van der Waals surface area contributed by atoms with Gasteiger partial charge in [-0.2, -0.15) is 0 Å². The van der Waals surface area contributed by atoms with E-state index in [0.717, 1.165) is 5.92 Å². The molecule has 1 nitrogen and oxygen atoms in total. The van der Waals surface area contributed by atoms with Crippen LogP contribution in [0.2, 0.25) is 0 Å². The number of thioether (sulfide) groups is 2. The second kappa shape index (κ2) is 5.95. The van der Waals surface area contributed by atoms with Crippen LogP contribution in [0.15, 0.2) is 58.3 Å². The quantitative estimate of drug-likeness (QED) is 0.686. The summed E-state index contributed by atoms with van der Waals surface area (Å²) in [6.07, 6.45) is 1.26. The molecule has 2 aliphatic rings. The number of rotatable bonds is 3. The predicted molar refractivity (Wildman–Crippen MR) is 96.2 cm³/mol. The second-order valence-corrected chi connectivity index (χ2v) is 8.68. The van der Waals surface area contributed by atoms with Gasteiger partial charge in [0.25, 0.3) is 0 Å². The van der Waals surface area contributed by atoms with Crippen molar-refractivity contribution in [3.63, 3.8) is 0 Å². The number of nitrogens with zero attached hydrogens (tertiary/aromatic N) is 1. The van der Waals surface area contributed by atoms with Crippen LogP contribution in [0.1, 0.15) is 42.1 Å². The van der Waals surface area contributed by atoms with E-state index < -0.39 is 0 Å². The summed E-state index contributed by atoms with van der Waals surface area (Å²) in [6.45, 7) is 5.82. The van der Waals surface area contributed by atoms with Gasteiger partial charge in [-0.1, -0.05) is 50.2 Å². The first kappa shape index (κ1) is 14.7. The minimum absolute atomic E-state index is 0.469. The van der Waals surface area contributed by atoms with E-state index in [1.165, 1.54) is 33.9 Å². The van der Waals surface area contributed by atoms with E-state index >= 15 is 0 Å². The highest BCUT2D eigenvalue weighted by molar-refractivity contribution is 8.01. The molecular weight excluding hydrogens is 306 g/mol. The maximum Gasteiger partial charge on any atom is 0.0883 e. The van der Waals surface area contributed by atoms with Gasteiger partial charge in [0.1, 0.15) is 0 Å². The smallest absolute Gasteiger partial charge is 0.0883 e. The molecule has 2 aromatic rings. The van der Waals surface area contributed by atoms with Crippen molar-refractivity contribution in [2.24, 2.45) is 5.92 Å². The molecule has 0 saturated heterocycles. The van der Waals surface area contributed by atoms with E-state index in [0.29, 0.717) is 10.7 Å². The van der Waals surface area contributed by atoms with Crippen LogP contribution < -0.4 is 0 Å². The third-order valence-corrected chi connectivity index (χ3v) is 7.16. The van der Waals surface area contributed by atoms with Crippen LogP contribution in [-0.4, -0.2) is 11.4 Å². The monoisotopic (exact) mass is 327 g/mol. The second-order valence-electron chi connectivity index (χ2n) is 6.44. The van der Waals surface area contributed by atoms with Crippen molar-refractivity contribution in [2.75, 3.05) is 6.54 Å². The summed E-state index contributed by atoms with van der Waals surface area (Å²) in [4.78, 5) is 5.63. The van der Waals surface area contributed by atoms with Gasteiger partial charge in [0.15, 0.2) is 0 Å². The van der Waals surface area contributed by atoms with Crippen molar-refractivity contribution in [1.82, 2.24) is 4.90 Å². The molecule has 0 spiro atoms. The molecule has 2 aliphatic heterocycles. The first-order valence-electron chi connectivity index (χ1n) is 8.01. The van der Waals surface area contributed by atoms with Gasteiger partial charge in [-0.15, -0.1) is 23.5 Å². The highest BCUT2D eigenvalue weighted by Gasteiger charge is 2.40. The normalized spacial score (nSPS) is 23.2. The molecule has 22 heavy (non-hydrogen) atoms. The number of hydrogen-bond donors (Lipinski definition) is 0. The van der Waals surface area contributed by atoms with Gasteiger partial charge in [-0.25, -0.2) is 0 Å². The van der Waals surface area contributed by atoms with Gasteiger partial charge >= 0.3 is 0 Å². The molecule has 0 aromatic heterocycles. The van der Waals surface area contributed by atoms with Gasteiger partial charge in [0, 0.05) is 16.3 Å². The topological polar surface area (TPSA) is 3.24 Å². The van der Waals surface area contributed by atoms with Crippen LogP contribution in [0.25, 0.3) is 0 Å². The lowest BCUT2D eigenvalue weighted by atomic mass is 10.1. The molecule has 4 rings (SSSR count). The summed E-state index contributed by atoms with van der Waals surface area (Å²) in [5.74, 6) is 0.753. The Bertz CT molecular complexity index is 629. The zero-order chi connectivity index (χ0) is 15.1. The van der Waals surface area contributed by atoms with Gasteiger partial charge in [-0.05, 0) is 35.6 Å². The Hall–Kier alpha value is -0.900. The molecule has 3 heteroatoms. The Kier molecular flexibility index (Phi) is 3.97. The molecule has 0 N–H and O–H groups in total. The fourth-order valence-electron chi connectivity index (χ4n) is 3.21. The predicted octanol–water partition coefficient (Wildman–Crippen LogP) is 5.94. The average Bonchev–Trinajstić information content (AvgIpc) is 2.53. The Morgan fingerprint density at radius 3 is 1.86 bits per heavy atom. The fraction of sp³-hybridized carbons (Fsp3) is 0.368. The van der Waals surface area contributed by atoms with E-state index in [1.54, 1.807) is 0 Å². The van der Waals surface area contributed by atoms with Crippen LogP contribution >= 0.6 is 23.5 Å². The summed E-state index contributed by atoms with van der Waals surface area (Å²) in [7, 11) is 0. The van der Waals surface area contributed by atoms with Crippen LogP contribution in [-0.2, 0) is 0 Å². The van der Waals surface area contributed by atoms with Gasteiger partial charge in [0.05, 0.1) is 10.7 Å². The summed E-state index contributed by atoms with van der Waals surface area (Å²) < 4.78 is 0.